The van der Waals surface area contributed by atoms with Crippen molar-refractivity contribution >= 4 is 17.6 Å². The molecule has 2 N–H and O–H groups in total. The monoisotopic (exact) mass is 505 g/mol. The highest BCUT2D eigenvalue weighted by molar-refractivity contribution is 5.93. The normalized spacial score (nSPS) is 13.3. The van der Waals surface area contributed by atoms with Gasteiger partial charge in [0.2, 0.25) is 5.95 Å². The number of nitrogens with one attached hydrogen (secondary N) is 1. The van der Waals surface area contributed by atoms with Crippen LogP contribution in [0, 0.1) is 6.92 Å². The van der Waals surface area contributed by atoms with Gasteiger partial charge in [-0.25, -0.2) is 14.8 Å². The Kier molecular flexibility index (Phi) is 6.29. The first-order chi connectivity index (χ1) is 17.7. The summed E-state index contributed by atoms with van der Waals surface area (Å²) in [5.74, 6) is -1.02. The molecule has 1 aliphatic carbocycles. The van der Waals surface area contributed by atoms with Crippen LogP contribution in [0.4, 0.5) is 24.8 Å². The Morgan fingerprint density at radius 1 is 1.00 bits per heavy atom. The second-order valence-electron chi connectivity index (χ2n) is 8.91. The van der Waals surface area contributed by atoms with Gasteiger partial charge in [-0.1, -0.05) is 36.4 Å². The van der Waals surface area contributed by atoms with Gasteiger partial charge in [-0.05, 0) is 65.1 Å². The number of aryl methyl sites for hydroxylation is 1. The Morgan fingerprint density at radius 2 is 1.73 bits per heavy atom. The number of aromatic carboxylic acids is 1. The highest BCUT2D eigenvalue weighted by Gasteiger charge is 2.32. The van der Waals surface area contributed by atoms with Gasteiger partial charge in [-0.3, -0.25) is 0 Å². The molecule has 5 rings (SSSR count). The maximum atomic E-state index is 13.0. The van der Waals surface area contributed by atoms with Gasteiger partial charge in [0, 0.05) is 24.7 Å². The van der Waals surface area contributed by atoms with Crippen molar-refractivity contribution in [1.29, 1.82) is 0 Å². The Bertz CT molecular complexity index is 1460. The van der Waals surface area contributed by atoms with Crippen molar-refractivity contribution in [2.45, 2.75) is 32.0 Å². The molecule has 4 aromatic rings. The third-order valence-electron chi connectivity index (χ3n) is 6.13. The van der Waals surface area contributed by atoms with E-state index in [9.17, 15) is 23.1 Å². The van der Waals surface area contributed by atoms with Crippen LogP contribution in [0.25, 0.3) is 11.1 Å². The van der Waals surface area contributed by atoms with E-state index in [-0.39, 0.29) is 23.4 Å². The summed E-state index contributed by atoms with van der Waals surface area (Å²) in [4.78, 5) is 19.5. The highest BCUT2D eigenvalue weighted by Crippen LogP contribution is 2.33. The van der Waals surface area contributed by atoms with E-state index in [1.807, 2.05) is 37.3 Å². The second kappa shape index (κ2) is 9.57. The summed E-state index contributed by atoms with van der Waals surface area (Å²) in [5, 5.41) is 12.7. The molecule has 37 heavy (non-hydrogen) atoms. The van der Waals surface area contributed by atoms with E-state index >= 15 is 0 Å². The van der Waals surface area contributed by atoms with Crippen LogP contribution in [0.5, 0.6) is 5.75 Å². The molecule has 0 saturated heterocycles. The average Bonchev–Trinajstić information content (AvgIpc) is 3.26. The molecule has 0 fully saturated rings. The first-order valence-electron chi connectivity index (χ1n) is 11.6. The standard InChI is InChI=1S/C28H22F3N3O3/c1-16-10-20(12-21(11-16)33-27-32-9-8-25(34-27)28(29,30)31)19-6-7-24(23(15-19)26(35)36)37-22-13-17-4-2-3-5-18(17)14-22/h2-12,15,22H,13-14H2,1H3,(H,35,36)(H,32,33,34). The Morgan fingerprint density at radius 3 is 2.41 bits per heavy atom. The van der Waals surface area contributed by atoms with Crippen molar-refractivity contribution in [3.8, 4) is 16.9 Å². The Balaban J connectivity index is 1.40. The maximum absolute atomic E-state index is 13.0. The minimum absolute atomic E-state index is 0.0330. The molecule has 0 amide bonds. The first kappa shape index (κ1) is 24.3. The van der Waals surface area contributed by atoms with Gasteiger partial charge < -0.3 is 15.2 Å². The summed E-state index contributed by atoms with van der Waals surface area (Å²) in [6.07, 6.45) is -2.28. The summed E-state index contributed by atoms with van der Waals surface area (Å²) in [6.45, 7) is 1.83. The number of carbonyl (C=O) groups is 1. The van der Waals surface area contributed by atoms with Crippen molar-refractivity contribution in [2.75, 3.05) is 5.32 Å². The molecule has 0 unspecified atom stereocenters. The summed E-state index contributed by atoms with van der Waals surface area (Å²) in [7, 11) is 0. The number of anilines is 2. The van der Waals surface area contributed by atoms with Gasteiger partial charge in [0.05, 0.1) is 0 Å². The van der Waals surface area contributed by atoms with Crippen molar-refractivity contribution in [3.63, 3.8) is 0 Å². The van der Waals surface area contributed by atoms with Crippen LogP contribution in [0.15, 0.2) is 72.9 Å². The third kappa shape index (κ3) is 5.40. The van der Waals surface area contributed by atoms with Crippen molar-refractivity contribution < 1.29 is 27.8 Å². The summed E-state index contributed by atoms with van der Waals surface area (Å²) >= 11 is 0. The number of ether oxygens (including phenoxy) is 1. The fourth-order valence-electron chi connectivity index (χ4n) is 4.49. The van der Waals surface area contributed by atoms with Gasteiger partial charge in [0.15, 0.2) is 0 Å². The van der Waals surface area contributed by atoms with E-state index in [1.165, 1.54) is 11.1 Å². The van der Waals surface area contributed by atoms with Crippen LogP contribution in [-0.4, -0.2) is 27.1 Å². The third-order valence-corrected chi connectivity index (χ3v) is 6.13. The molecule has 1 aliphatic rings. The number of benzene rings is 3. The number of aromatic nitrogens is 2. The zero-order chi connectivity index (χ0) is 26.2. The van der Waals surface area contributed by atoms with Crippen LogP contribution in [0.2, 0.25) is 0 Å². The summed E-state index contributed by atoms with van der Waals surface area (Å²) in [6, 6.07) is 19.1. The number of hydrogen-bond acceptors (Lipinski definition) is 5. The molecule has 0 radical (unpaired) electrons. The minimum atomic E-state index is -4.59. The van der Waals surface area contributed by atoms with Crippen LogP contribution >= 0.6 is 0 Å². The SMILES string of the molecule is Cc1cc(Nc2nccc(C(F)(F)F)n2)cc(-c2ccc(OC3Cc4ccccc4C3)c(C(=O)O)c2)c1. The first-order valence-corrected chi connectivity index (χ1v) is 11.6. The van der Waals surface area contributed by atoms with Gasteiger partial charge in [0.25, 0.3) is 0 Å². The number of fused-ring (bicyclic) bond motifs is 1. The Labute approximate surface area is 210 Å². The maximum Gasteiger partial charge on any atom is 0.433 e. The number of carboxylic acid groups (broad SMARTS) is 1. The zero-order valence-electron chi connectivity index (χ0n) is 19.7. The molecule has 1 aromatic heterocycles. The Hall–Kier alpha value is -4.40. The van der Waals surface area contributed by atoms with Crippen LogP contribution < -0.4 is 10.1 Å². The second-order valence-corrected chi connectivity index (χ2v) is 8.91. The molecular weight excluding hydrogens is 483 g/mol. The molecule has 0 bridgehead atoms. The lowest BCUT2D eigenvalue weighted by Crippen LogP contribution is -2.18. The van der Waals surface area contributed by atoms with Gasteiger partial charge >= 0.3 is 12.1 Å². The smallest absolute Gasteiger partial charge is 0.433 e. The van der Waals surface area contributed by atoms with Crippen molar-refractivity contribution in [1.82, 2.24) is 9.97 Å². The number of alkyl halides is 3. The summed E-state index contributed by atoms with van der Waals surface area (Å²) < 4.78 is 45.1. The van der Waals surface area contributed by atoms with Crippen molar-refractivity contribution in [3.05, 3.63) is 101 Å². The number of rotatable bonds is 6. The lowest BCUT2D eigenvalue weighted by Gasteiger charge is -2.16. The fourth-order valence-corrected chi connectivity index (χ4v) is 4.49. The molecule has 0 atom stereocenters. The van der Waals surface area contributed by atoms with Crippen molar-refractivity contribution in [2.24, 2.45) is 0 Å². The van der Waals surface area contributed by atoms with Gasteiger partial charge in [-0.2, -0.15) is 13.2 Å². The van der Waals surface area contributed by atoms with E-state index in [0.29, 0.717) is 29.7 Å². The van der Waals surface area contributed by atoms with Crippen LogP contribution in [0.1, 0.15) is 32.7 Å². The fraction of sp³-hybridized carbons (Fsp3) is 0.179. The highest BCUT2D eigenvalue weighted by atomic mass is 19.4. The van der Waals surface area contributed by atoms with E-state index in [1.54, 1.807) is 30.3 Å². The molecule has 3 aromatic carbocycles. The molecule has 9 heteroatoms. The van der Waals surface area contributed by atoms with E-state index in [2.05, 4.69) is 15.3 Å². The number of carboxylic acids is 1. The van der Waals surface area contributed by atoms with E-state index in [0.717, 1.165) is 17.8 Å². The lowest BCUT2D eigenvalue weighted by atomic mass is 10.00. The minimum Gasteiger partial charge on any atom is -0.489 e. The lowest BCUT2D eigenvalue weighted by molar-refractivity contribution is -0.141. The molecule has 6 nitrogen and oxygen atoms in total. The molecular formula is C28H22F3N3O3. The molecule has 0 aliphatic heterocycles. The summed E-state index contributed by atoms with van der Waals surface area (Å²) in [5.41, 5.74) is 3.96. The quantitative estimate of drug-likeness (QED) is 0.313. The van der Waals surface area contributed by atoms with Crippen LogP contribution in [0.3, 0.4) is 0 Å². The molecule has 0 spiro atoms. The van der Waals surface area contributed by atoms with Gasteiger partial charge in [0.1, 0.15) is 23.1 Å². The van der Waals surface area contributed by atoms with E-state index < -0.39 is 17.8 Å². The predicted molar refractivity (Wildman–Crippen MR) is 132 cm³/mol. The van der Waals surface area contributed by atoms with Gasteiger partial charge in [-0.15, -0.1) is 0 Å². The topological polar surface area (TPSA) is 84.3 Å². The average molecular weight is 505 g/mol. The van der Waals surface area contributed by atoms with Crippen LogP contribution in [-0.2, 0) is 19.0 Å². The largest absolute Gasteiger partial charge is 0.489 e. The molecule has 1 heterocycles. The number of halogens is 3. The molecule has 0 saturated carbocycles. The zero-order valence-corrected chi connectivity index (χ0v) is 19.7. The molecule has 188 valence electrons. The number of nitrogens with zero attached hydrogens (tertiary/aromatic N) is 2. The number of hydrogen-bond donors (Lipinski definition) is 2. The predicted octanol–water partition coefficient (Wildman–Crippen LogP) is 6.46. The van der Waals surface area contributed by atoms with E-state index in [4.69, 9.17) is 4.74 Å².